The monoisotopic (exact) mass is 384 g/mol. The van der Waals surface area contributed by atoms with E-state index in [9.17, 15) is 4.79 Å². The van der Waals surface area contributed by atoms with E-state index in [0.717, 1.165) is 37.0 Å². The Labute approximate surface area is 161 Å². The Bertz CT molecular complexity index is 586. The van der Waals surface area contributed by atoms with Crippen molar-refractivity contribution in [2.75, 3.05) is 0 Å². The molecule has 2 nitrogen and oxygen atoms in total. The summed E-state index contributed by atoms with van der Waals surface area (Å²) in [4.78, 5) is 10.7. The van der Waals surface area contributed by atoms with Gasteiger partial charge in [0.1, 0.15) is 6.10 Å². The van der Waals surface area contributed by atoms with Crippen LogP contribution in [0.15, 0.2) is 11.6 Å². The molecule has 3 fully saturated rings. The second kappa shape index (κ2) is 6.44. The summed E-state index contributed by atoms with van der Waals surface area (Å²) in [6.45, 7) is 5.03. The maximum absolute atomic E-state index is 11.7. The summed E-state index contributed by atoms with van der Waals surface area (Å²) in [5.74, 6) is 2.11. The molecule has 4 heteroatoms. The molecule has 6 atom stereocenters. The van der Waals surface area contributed by atoms with Gasteiger partial charge in [-0.2, -0.15) is 0 Å². The zero-order chi connectivity index (χ0) is 17.8. The SMILES string of the molecule is C[C@]12CCC[C@@H]1[C@H]1CC=C3C[C@@H](OC(=O)C(Cl)Cl)CC[C@]3(C)[C@@H]1CC2. The molecule has 0 amide bonds. The second-order valence-corrected chi connectivity index (χ2v) is 10.5. The van der Waals surface area contributed by atoms with E-state index in [1.807, 2.05) is 0 Å². The molecule has 0 unspecified atom stereocenters. The number of esters is 1. The molecule has 0 heterocycles. The number of carbonyl (C=O) groups is 1. The number of halogens is 2. The minimum absolute atomic E-state index is 0.0521. The van der Waals surface area contributed by atoms with Gasteiger partial charge in [-0.25, -0.2) is 4.79 Å². The van der Waals surface area contributed by atoms with Gasteiger partial charge in [-0.3, -0.25) is 0 Å². The summed E-state index contributed by atoms with van der Waals surface area (Å²) in [7, 11) is 0. The van der Waals surface area contributed by atoms with E-state index in [-0.39, 0.29) is 6.10 Å². The fraction of sp³-hybridized carbons (Fsp3) is 0.857. The molecule has 4 aliphatic rings. The van der Waals surface area contributed by atoms with Crippen molar-refractivity contribution in [1.29, 1.82) is 0 Å². The Hall–Kier alpha value is -0.210. The van der Waals surface area contributed by atoms with Crippen molar-refractivity contribution in [2.45, 2.75) is 82.6 Å². The van der Waals surface area contributed by atoms with Crippen LogP contribution in [0.3, 0.4) is 0 Å². The van der Waals surface area contributed by atoms with Crippen LogP contribution in [-0.4, -0.2) is 16.9 Å². The van der Waals surface area contributed by atoms with Crippen molar-refractivity contribution in [1.82, 2.24) is 0 Å². The molecular formula is C21H30Cl2O2. The van der Waals surface area contributed by atoms with Gasteiger partial charge in [-0.05, 0) is 73.5 Å². The molecule has 0 saturated heterocycles. The van der Waals surface area contributed by atoms with Crippen LogP contribution in [0.4, 0.5) is 0 Å². The summed E-state index contributed by atoms with van der Waals surface area (Å²) >= 11 is 11.3. The van der Waals surface area contributed by atoms with Gasteiger partial charge in [0.15, 0.2) is 0 Å². The second-order valence-electron chi connectivity index (χ2n) is 9.45. The van der Waals surface area contributed by atoms with E-state index in [0.29, 0.717) is 10.8 Å². The van der Waals surface area contributed by atoms with Crippen LogP contribution < -0.4 is 0 Å². The lowest BCUT2D eigenvalue weighted by Crippen LogP contribution is -2.49. The molecule has 4 rings (SSSR count). The summed E-state index contributed by atoms with van der Waals surface area (Å²) in [5, 5.41) is 0. The third kappa shape index (κ3) is 2.96. The molecule has 0 aliphatic heterocycles. The first kappa shape index (κ1) is 18.2. The van der Waals surface area contributed by atoms with Crippen LogP contribution in [0, 0.1) is 28.6 Å². The van der Waals surface area contributed by atoms with Gasteiger partial charge in [-0.1, -0.05) is 55.1 Å². The van der Waals surface area contributed by atoms with Crippen LogP contribution in [0.5, 0.6) is 0 Å². The van der Waals surface area contributed by atoms with Gasteiger partial charge in [0.2, 0.25) is 4.84 Å². The minimum atomic E-state index is -1.07. The quantitative estimate of drug-likeness (QED) is 0.328. The Morgan fingerprint density at radius 3 is 2.72 bits per heavy atom. The molecule has 0 aromatic carbocycles. The van der Waals surface area contributed by atoms with Gasteiger partial charge in [0.05, 0.1) is 0 Å². The van der Waals surface area contributed by atoms with Crippen molar-refractivity contribution < 1.29 is 9.53 Å². The Morgan fingerprint density at radius 2 is 1.96 bits per heavy atom. The third-order valence-electron chi connectivity index (χ3n) is 8.30. The Morgan fingerprint density at radius 1 is 1.16 bits per heavy atom. The van der Waals surface area contributed by atoms with Crippen LogP contribution in [0.2, 0.25) is 0 Å². The lowest BCUT2D eigenvalue weighted by molar-refractivity contribution is -0.149. The maximum atomic E-state index is 11.7. The molecule has 4 aliphatic carbocycles. The van der Waals surface area contributed by atoms with E-state index >= 15 is 0 Å². The van der Waals surface area contributed by atoms with Gasteiger partial charge < -0.3 is 4.74 Å². The van der Waals surface area contributed by atoms with Crippen LogP contribution in [0.25, 0.3) is 0 Å². The molecule has 0 N–H and O–H groups in total. The summed E-state index contributed by atoms with van der Waals surface area (Å²) < 4.78 is 5.52. The molecule has 0 aromatic rings. The average molecular weight is 385 g/mol. The molecule has 3 saturated carbocycles. The molecule has 0 radical (unpaired) electrons. The van der Waals surface area contributed by atoms with E-state index in [2.05, 4.69) is 19.9 Å². The van der Waals surface area contributed by atoms with E-state index in [4.69, 9.17) is 27.9 Å². The topological polar surface area (TPSA) is 26.3 Å². The van der Waals surface area contributed by atoms with Crippen LogP contribution in [0.1, 0.15) is 71.6 Å². The first-order valence-electron chi connectivity index (χ1n) is 10.0. The number of rotatable bonds is 2. The minimum Gasteiger partial charge on any atom is -0.460 e. The predicted molar refractivity (Wildman–Crippen MR) is 102 cm³/mol. The zero-order valence-electron chi connectivity index (χ0n) is 15.4. The normalized spacial score (nSPS) is 46.0. The van der Waals surface area contributed by atoms with Crippen LogP contribution in [-0.2, 0) is 9.53 Å². The lowest BCUT2D eigenvalue weighted by Gasteiger charge is -2.57. The van der Waals surface area contributed by atoms with Gasteiger partial charge in [-0.15, -0.1) is 0 Å². The summed E-state index contributed by atoms with van der Waals surface area (Å²) in [6.07, 6.45) is 13.7. The largest absolute Gasteiger partial charge is 0.460 e. The van der Waals surface area contributed by atoms with Gasteiger partial charge >= 0.3 is 5.97 Å². The third-order valence-corrected chi connectivity index (χ3v) is 8.66. The molecule has 0 spiro atoms. The van der Waals surface area contributed by atoms with E-state index in [1.165, 1.54) is 44.1 Å². The van der Waals surface area contributed by atoms with Crippen LogP contribution >= 0.6 is 23.2 Å². The fourth-order valence-electron chi connectivity index (χ4n) is 6.94. The first-order valence-corrected chi connectivity index (χ1v) is 10.9. The first-order chi connectivity index (χ1) is 11.8. The van der Waals surface area contributed by atoms with E-state index < -0.39 is 10.8 Å². The number of hydrogen-bond acceptors (Lipinski definition) is 2. The average Bonchev–Trinajstić information content (AvgIpc) is 2.96. The standard InChI is InChI=1S/C21H30Cl2O2/c1-20-9-3-4-16(20)15-6-5-13-12-14(25-19(24)18(22)23)7-11-21(13,2)17(15)8-10-20/h5,14-18H,3-4,6-12H2,1-2H3/t14-,15+,16+,17+,20+,21-/m0/s1. The summed E-state index contributed by atoms with van der Waals surface area (Å²) in [5.41, 5.74) is 2.43. The van der Waals surface area contributed by atoms with Crippen molar-refractivity contribution in [3.8, 4) is 0 Å². The predicted octanol–water partition coefficient (Wildman–Crippen LogP) is 6.05. The number of hydrogen-bond donors (Lipinski definition) is 0. The number of alkyl halides is 2. The van der Waals surface area contributed by atoms with Gasteiger partial charge in [0, 0.05) is 6.42 Å². The number of fused-ring (bicyclic) bond motifs is 5. The van der Waals surface area contributed by atoms with Crippen molar-refractivity contribution in [3.63, 3.8) is 0 Å². The number of carbonyl (C=O) groups excluding carboxylic acids is 1. The molecule has 25 heavy (non-hydrogen) atoms. The molecule has 140 valence electrons. The van der Waals surface area contributed by atoms with Crippen molar-refractivity contribution >= 4 is 29.2 Å². The Kier molecular flexibility index (Phi) is 4.68. The number of ether oxygens (including phenoxy) is 1. The zero-order valence-corrected chi connectivity index (χ0v) is 16.9. The highest BCUT2D eigenvalue weighted by Gasteiger charge is 2.55. The maximum Gasteiger partial charge on any atom is 0.339 e. The molecule has 0 bridgehead atoms. The van der Waals surface area contributed by atoms with E-state index in [1.54, 1.807) is 0 Å². The van der Waals surface area contributed by atoms with Crippen molar-refractivity contribution in [2.24, 2.45) is 28.6 Å². The molecule has 0 aromatic heterocycles. The summed E-state index contributed by atoms with van der Waals surface area (Å²) in [6, 6.07) is 0. The number of allylic oxidation sites excluding steroid dienone is 1. The Balaban J connectivity index is 1.52. The highest BCUT2D eigenvalue weighted by Crippen LogP contribution is 2.64. The van der Waals surface area contributed by atoms with Gasteiger partial charge in [0.25, 0.3) is 0 Å². The highest BCUT2D eigenvalue weighted by molar-refractivity contribution is 6.52. The fourth-order valence-corrected chi connectivity index (χ4v) is 7.04. The smallest absolute Gasteiger partial charge is 0.339 e. The highest BCUT2D eigenvalue weighted by atomic mass is 35.5. The molecular weight excluding hydrogens is 355 g/mol. The lowest BCUT2D eigenvalue weighted by atomic mass is 9.48. The van der Waals surface area contributed by atoms with Crippen molar-refractivity contribution in [3.05, 3.63) is 11.6 Å².